The lowest BCUT2D eigenvalue weighted by atomic mass is 10.2. The molecule has 166 valence electrons. The van der Waals surface area contributed by atoms with E-state index in [1.807, 2.05) is 29.2 Å². The quantitative estimate of drug-likeness (QED) is 0.640. The number of carbonyl (C=O) groups excluding carboxylic acids is 2. The average molecular weight is 438 g/mol. The highest BCUT2D eigenvalue weighted by atomic mass is 19.1. The minimum absolute atomic E-state index is 0.158. The Labute approximate surface area is 183 Å². The number of fused-ring (bicyclic) bond motifs is 1. The van der Waals surface area contributed by atoms with Gasteiger partial charge in [-0.25, -0.2) is 9.18 Å². The molecule has 8 nitrogen and oxygen atoms in total. The molecule has 2 aliphatic heterocycles. The van der Waals surface area contributed by atoms with Gasteiger partial charge in [-0.05, 0) is 30.3 Å². The topological polar surface area (TPSA) is 86.9 Å². The number of hydrogen-bond acceptors (Lipinski definition) is 5. The molecule has 0 saturated carbocycles. The van der Waals surface area contributed by atoms with Crippen LogP contribution in [0.4, 0.5) is 20.6 Å². The fraction of sp³-hybridized carbons (Fsp3) is 0.304. The van der Waals surface area contributed by atoms with Gasteiger partial charge in [-0.3, -0.25) is 9.69 Å². The van der Waals surface area contributed by atoms with Gasteiger partial charge in [-0.1, -0.05) is 18.2 Å². The molecule has 2 amide bonds. The Morgan fingerprint density at radius 2 is 1.97 bits per heavy atom. The SMILES string of the molecule is O=C(NC[C@H]1CN(c2ccc(N3CCOCC3)c(F)c2)C(=O)O1)c1cc2ccccc2[nH]1. The van der Waals surface area contributed by atoms with Crippen LogP contribution in [-0.4, -0.2) is 62.5 Å². The lowest BCUT2D eigenvalue weighted by Gasteiger charge is -2.29. The van der Waals surface area contributed by atoms with E-state index in [0.717, 1.165) is 10.9 Å². The standard InChI is InChI=1S/C23H23FN4O4/c24-18-12-16(5-6-21(18)27-7-9-31-10-8-27)28-14-17(32-23(28)30)13-25-22(29)20-11-15-3-1-2-4-19(15)26-20/h1-6,11-12,17,26H,7-10,13-14H2,(H,25,29)/t17-/m0/s1. The number of ether oxygens (including phenoxy) is 2. The number of anilines is 2. The number of cyclic esters (lactones) is 1. The molecule has 2 aliphatic rings. The molecule has 3 heterocycles. The second-order valence-electron chi connectivity index (χ2n) is 7.83. The van der Waals surface area contributed by atoms with E-state index in [4.69, 9.17) is 9.47 Å². The molecule has 2 aromatic carbocycles. The zero-order chi connectivity index (χ0) is 22.1. The molecule has 32 heavy (non-hydrogen) atoms. The van der Waals surface area contributed by atoms with Crippen LogP contribution >= 0.6 is 0 Å². The summed E-state index contributed by atoms with van der Waals surface area (Å²) in [5, 5.41) is 3.73. The summed E-state index contributed by atoms with van der Waals surface area (Å²) >= 11 is 0. The van der Waals surface area contributed by atoms with Gasteiger partial charge >= 0.3 is 6.09 Å². The summed E-state index contributed by atoms with van der Waals surface area (Å²) in [5.41, 5.74) is 2.23. The number of nitrogens with one attached hydrogen (secondary N) is 2. The Morgan fingerprint density at radius 3 is 2.75 bits per heavy atom. The molecule has 5 rings (SSSR count). The molecule has 0 radical (unpaired) electrons. The zero-order valence-electron chi connectivity index (χ0n) is 17.3. The van der Waals surface area contributed by atoms with Crippen LogP contribution in [0.5, 0.6) is 0 Å². The molecule has 9 heteroatoms. The van der Waals surface area contributed by atoms with Crippen molar-refractivity contribution in [3.8, 4) is 0 Å². The van der Waals surface area contributed by atoms with E-state index in [1.54, 1.807) is 18.2 Å². The number of benzene rings is 2. The van der Waals surface area contributed by atoms with E-state index in [1.165, 1.54) is 11.0 Å². The predicted molar refractivity (Wildman–Crippen MR) is 118 cm³/mol. The van der Waals surface area contributed by atoms with Gasteiger partial charge in [0.15, 0.2) is 0 Å². The van der Waals surface area contributed by atoms with Crippen LogP contribution in [0, 0.1) is 5.82 Å². The van der Waals surface area contributed by atoms with Crippen molar-refractivity contribution in [3.05, 3.63) is 60.0 Å². The van der Waals surface area contributed by atoms with Gasteiger partial charge in [0.2, 0.25) is 0 Å². The van der Waals surface area contributed by atoms with Crippen molar-refractivity contribution in [1.82, 2.24) is 10.3 Å². The average Bonchev–Trinajstić information content (AvgIpc) is 3.41. The number of aromatic nitrogens is 1. The Bertz CT molecular complexity index is 1120. The number of carbonyl (C=O) groups is 2. The van der Waals surface area contributed by atoms with Crippen LogP contribution in [0.3, 0.4) is 0 Å². The molecule has 0 aliphatic carbocycles. The molecule has 2 saturated heterocycles. The summed E-state index contributed by atoms with van der Waals surface area (Å²) in [5.74, 6) is -0.677. The summed E-state index contributed by atoms with van der Waals surface area (Å²) in [4.78, 5) is 31.2. The minimum atomic E-state index is -0.562. The smallest absolute Gasteiger partial charge is 0.414 e. The third kappa shape index (κ3) is 3.99. The maximum absolute atomic E-state index is 14.7. The highest BCUT2D eigenvalue weighted by Gasteiger charge is 2.33. The summed E-state index contributed by atoms with van der Waals surface area (Å²) in [6, 6.07) is 14.1. The highest BCUT2D eigenvalue weighted by molar-refractivity contribution is 5.98. The van der Waals surface area contributed by atoms with Gasteiger partial charge in [0.1, 0.15) is 17.6 Å². The first-order valence-electron chi connectivity index (χ1n) is 10.5. The molecule has 0 bridgehead atoms. The lowest BCUT2D eigenvalue weighted by molar-refractivity contribution is 0.0912. The van der Waals surface area contributed by atoms with Crippen LogP contribution in [-0.2, 0) is 9.47 Å². The van der Waals surface area contributed by atoms with Gasteiger partial charge in [0, 0.05) is 24.0 Å². The lowest BCUT2D eigenvalue weighted by Crippen LogP contribution is -2.37. The molecule has 0 unspecified atom stereocenters. The molecular weight excluding hydrogens is 415 g/mol. The van der Waals surface area contributed by atoms with Crippen molar-refractivity contribution >= 4 is 34.3 Å². The number of H-pyrrole nitrogens is 1. The Kier molecular flexibility index (Phi) is 5.40. The number of aromatic amines is 1. The first kappa shape index (κ1) is 20.3. The number of halogens is 1. The third-order valence-electron chi connectivity index (χ3n) is 5.73. The van der Waals surface area contributed by atoms with Crippen LogP contribution in [0.25, 0.3) is 10.9 Å². The molecule has 1 atom stereocenters. The number of para-hydroxylation sites is 1. The van der Waals surface area contributed by atoms with Crippen molar-refractivity contribution in [2.75, 3.05) is 49.2 Å². The fourth-order valence-corrected chi connectivity index (χ4v) is 4.06. The van der Waals surface area contributed by atoms with Gasteiger partial charge in [-0.15, -0.1) is 0 Å². The van der Waals surface area contributed by atoms with Crippen LogP contribution in [0.15, 0.2) is 48.5 Å². The maximum atomic E-state index is 14.7. The number of morpholine rings is 1. The Balaban J connectivity index is 1.21. The van der Waals surface area contributed by atoms with Crippen molar-refractivity contribution in [1.29, 1.82) is 0 Å². The Morgan fingerprint density at radius 1 is 1.16 bits per heavy atom. The summed E-state index contributed by atoms with van der Waals surface area (Å²) in [6.45, 7) is 2.75. The number of amides is 2. The van der Waals surface area contributed by atoms with E-state index in [2.05, 4.69) is 10.3 Å². The normalized spacial score (nSPS) is 18.8. The van der Waals surface area contributed by atoms with Crippen molar-refractivity contribution in [2.45, 2.75) is 6.10 Å². The maximum Gasteiger partial charge on any atom is 0.414 e. The van der Waals surface area contributed by atoms with Crippen LogP contribution in [0.1, 0.15) is 10.5 Å². The van der Waals surface area contributed by atoms with E-state index < -0.39 is 18.0 Å². The molecule has 2 N–H and O–H groups in total. The van der Waals surface area contributed by atoms with Gasteiger partial charge in [0.05, 0.1) is 37.7 Å². The van der Waals surface area contributed by atoms with E-state index in [9.17, 15) is 14.0 Å². The highest BCUT2D eigenvalue weighted by Crippen LogP contribution is 2.28. The molecule has 0 spiro atoms. The van der Waals surface area contributed by atoms with Gasteiger partial charge < -0.3 is 24.7 Å². The van der Waals surface area contributed by atoms with E-state index in [-0.39, 0.29) is 19.0 Å². The van der Waals surface area contributed by atoms with Crippen LogP contribution < -0.4 is 15.1 Å². The molecular formula is C23H23FN4O4. The Hall–Kier alpha value is -3.59. The van der Waals surface area contributed by atoms with Crippen molar-refractivity contribution < 1.29 is 23.5 Å². The van der Waals surface area contributed by atoms with Gasteiger partial charge in [0.25, 0.3) is 5.91 Å². The zero-order valence-corrected chi connectivity index (χ0v) is 17.3. The second-order valence-corrected chi connectivity index (χ2v) is 7.83. The van der Waals surface area contributed by atoms with Crippen molar-refractivity contribution in [3.63, 3.8) is 0 Å². The molecule has 3 aromatic rings. The third-order valence-corrected chi connectivity index (χ3v) is 5.73. The number of nitrogens with zero attached hydrogens (tertiary/aromatic N) is 2. The minimum Gasteiger partial charge on any atom is -0.442 e. The predicted octanol–water partition coefficient (Wildman–Crippen LogP) is 2.90. The number of rotatable bonds is 5. The molecule has 2 fully saturated rings. The fourth-order valence-electron chi connectivity index (χ4n) is 4.06. The largest absolute Gasteiger partial charge is 0.442 e. The first-order valence-corrected chi connectivity index (χ1v) is 10.5. The monoisotopic (exact) mass is 438 g/mol. The summed E-state index contributed by atoms with van der Waals surface area (Å²) in [7, 11) is 0. The van der Waals surface area contributed by atoms with E-state index in [0.29, 0.717) is 43.4 Å². The number of hydrogen-bond donors (Lipinski definition) is 2. The second kappa shape index (κ2) is 8.51. The first-order chi connectivity index (χ1) is 15.6. The summed E-state index contributed by atoms with van der Waals surface area (Å²) in [6.07, 6.45) is -1.09. The summed E-state index contributed by atoms with van der Waals surface area (Å²) < 4.78 is 25.4. The van der Waals surface area contributed by atoms with Crippen LogP contribution in [0.2, 0.25) is 0 Å². The molecule has 1 aromatic heterocycles. The van der Waals surface area contributed by atoms with E-state index >= 15 is 0 Å². The van der Waals surface area contributed by atoms with Crippen molar-refractivity contribution in [2.24, 2.45) is 0 Å². The van der Waals surface area contributed by atoms with Gasteiger partial charge in [-0.2, -0.15) is 0 Å².